The standard InChI is InChI=1S/C15H18N4O2/c1-10-8-19-9-12(2-3-13(19)17-10)15(21)18-6-4-11(5-7-18)14(16)20/h2-3,8-9,11H,4-7H2,1H3,(H2,16,20). The van der Waals surface area contributed by atoms with E-state index in [1.54, 1.807) is 17.2 Å². The van der Waals surface area contributed by atoms with Gasteiger partial charge in [0.25, 0.3) is 5.91 Å². The fourth-order valence-corrected chi connectivity index (χ4v) is 2.79. The van der Waals surface area contributed by atoms with Crippen LogP contribution in [0.1, 0.15) is 28.9 Å². The van der Waals surface area contributed by atoms with Crippen molar-refractivity contribution in [3.8, 4) is 0 Å². The van der Waals surface area contributed by atoms with Crippen LogP contribution in [0.4, 0.5) is 0 Å². The van der Waals surface area contributed by atoms with Gasteiger partial charge in [-0.1, -0.05) is 0 Å². The molecular formula is C15H18N4O2. The predicted molar refractivity (Wildman–Crippen MR) is 77.8 cm³/mol. The van der Waals surface area contributed by atoms with Gasteiger partial charge in [0.1, 0.15) is 5.65 Å². The van der Waals surface area contributed by atoms with Crippen molar-refractivity contribution in [1.82, 2.24) is 14.3 Å². The summed E-state index contributed by atoms with van der Waals surface area (Å²) >= 11 is 0. The van der Waals surface area contributed by atoms with Crippen molar-refractivity contribution in [3.63, 3.8) is 0 Å². The number of hydrogen-bond donors (Lipinski definition) is 1. The summed E-state index contributed by atoms with van der Waals surface area (Å²) in [6, 6.07) is 3.64. The Hall–Kier alpha value is -2.37. The first kappa shape index (κ1) is 13.6. The van der Waals surface area contributed by atoms with Gasteiger partial charge in [0, 0.05) is 31.4 Å². The van der Waals surface area contributed by atoms with Gasteiger partial charge < -0.3 is 15.0 Å². The van der Waals surface area contributed by atoms with E-state index >= 15 is 0 Å². The number of imidazole rings is 1. The van der Waals surface area contributed by atoms with Crippen LogP contribution in [0.3, 0.4) is 0 Å². The highest BCUT2D eigenvalue weighted by Gasteiger charge is 2.26. The second kappa shape index (κ2) is 5.20. The topological polar surface area (TPSA) is 80.7 Å². The van der Waals surface area contributed by atoms with Gasteiger partial charge in [0.2, 0.25) is 5.91 Å². The first-order valence-corrected chi connectivity index (χ1v) is 7.08. The second-order valence-corrected chi connectivity index (χ2v) is 5.53. The minimum absolute atomic E-state index is 0.00817. The lowest BCUT2D eigenvalue weighted by atomic mass is 9.96. The van der Waals surface area contributed by atoms with Crippen LogP contribution in [0.5, 0.6) is 0 Å². The number of aromatic nitrogens is 2. The molecule has 2 aromatic rings. The SMILES string of the molecule is Cc1cn2cc(C(=O)N3CCC(C(N)=O)CC3)ccc2n1. The Labute approximate surface area is 122 Å². The van der Waals surface area contributed by atoms with E-state index in [-0.39, 0.29) is 17.7 Å². The Kier molecular flexibility index (Phi) is 3.37. The number of primary amides is 1. The molecule has 0 saturated carbocycles. The molecule has 0 atom stereocenters. The van der Waals surface area contributed by atoms with Crippen LogP contribution >= 0.6 is 0 Å². The summed E-state index contributed by atoms with van der Waals surface area (Å²) in [5.41, 5.74) is 7.70. The number of hydrogen-bond acceptors (Lipinski definition) is 3. The van der Waals surface area contributed by atoms with Gasteiger partial charge in [-0.15, -0.1) is 0 Å². The van der Waals surface area contributed by atoms with Crippen LogP contribution in [0.2, 0.25) is 0 Å². The largest absolute Gasteiger partial charge is 0.369 e. The van der Waals surface area contributed by atoms with E-state index in [0.29, 0.717) is 31.5 Å². The molecular weight excluding hydrogens is 268 g/mol. The summed E-state index contributed by atoms with van der Waals surface area (Å²) in [5.74, 6) is -0.378. The Bertz CT molecular complexity index is 699. The number of carbonyl (C=O) groups excluding carboxylic acids is 2. The summed E-state index contributed by atoms with van der Waals surface area (Å²) < 4.78 is 1.86. The zero-order chi connectivity index (χ0) is 15.0. The Morgan fingerprint density at radius 2 is 1.95 bits per heavy atom. The van der Waals surface area contributed by atoms with Crippen molar-refractivity contribution < 1.29 is 9.59 Å². The van der Waals surface area contributed by atoms with Crippen LogP contribution in [-0.2, 0) is 4.79 Å². The number of pyridine rings is 1. The van der Waals surface area contributed by atoms with Crippen molar-refractivity contribution >= 4 is 17.5 Å². The molecule has 2 amide bonds. The van der Waals surface area contributed by atoms with E-state index in [0.717, 1.165) is 11.3 Å². The molecule has 110 valence electrons. The summed E-state index contributed by atoms with van der Waals surface area (Å²) in [6.45, 7) is 3.07. The van der Waals surface area contributed by atoms with Crippen LogP contribution in [0, 0.1) is 12.8 Å². The zero-order valence-electron chi connectivity index (χ0n) is 12.0. The molecule has 1 aliphatic heterocycles. The van der Waals surface area contributed by atoms with E-state index in [1.165, 1.54) is 0 Å². The number of likely N-dealkylation sites (tertiary alicyclic amines) is 1. The number of rotatable bonds is 2. The van der Waals surface area contributed by atoms with Gasteiger partial charge in [0.15, 0.2) is 0 Å². The minimum Gasteiger partial charge on any atom is -0.369 e. The van der Waals surface area contributed by atoms with Gasteiger partial charge in [-0.3, -0.25) is 9.59 Å². The van der Waals surface area contributed by atoms with E-state index in [2.05, 4.69) is 4.98 Å². The summed E-state index contributed by atoms with van der Waals surface area (Å²) in [4.78, 5) is 29.8. The third-order valence-corrected chi connectivity index (χ3v) is 4.00. The molecule has 0 unspecified atom stereocenters. The molecule has 0 aromatic carbocycles. The van der Waals surface area contributed by atoms with E-state index in [4.69, 9.17) is 5.73 Å². The second-order valence-electron chi connectivity index (χ2n) is 5.53. The lowest BCUT2D eigenvalue weighted by Gasteiger charge is -2.30. The highest BCUT2D eigenvalue weighted by Crippen LogP contribution is 2.19. The third kappa shape index (κ3) is 2.61. The average Bonchev–Trinajstić information content (AvgIpc) is 2.85. The molecule has 1 aliphatic rings. The van der Waals surface area contributed by atoms with Gasteiger partial charge >= 0.3 is 0 Å². The highest BCUT2D eigenvalue weighted by atomic mass is 16.2. The van der Waals surface area contributed by atoms with Crippen LogP contribution in [0.15, 0.2) is 24.5 Å². The van der Waals surface area contributed by atoms with Crippen molar-refractivity contribution in [1.29, 1.82) is 0 Å². The number of nitrogens with zero attached hydrogens (tertiary/aromatic N) is 3. The molecule has 0 spiro atoms. The third-order valence-electron chi connectivity index (χ3n) is 4.00. The minimum atomic E-state index is -0.266. The maximum Gasteiger partial charge on any atom is 0.255 e. The van der Waals surface area contributed by atoms with Crippen LogP contribution in [-0.4, -0.2) is 39.2 Å². The van der Waals surface area contributed by atoms with Gasteiger partial charge in [-0.2, -0.15) is 0 Å². The summed E-state index contributed by atoms with van der Waals surface area (Å²) in [7, 11) is 0. The van der Waals surface area contributed by atoms with Crippen molar-refractivity contribution in [2.45, 2.75) is 19.8 Å². The molecule has 0 aliphatic carbocycles. The molecule has 3 rings (SSSR count). The summed E-state index contributed by atoms with van der Waals surface area (Å²) in [5, 5.41) is 0. The molecule has 1 fully saturated rings. The Balaban J connectivity index is 1.76. The number of piperidine rings is 1. The number of aryl methyl sites for hydroxylation is 1. The normalized spacial score (nSPS) is 16.3. The fraction of sp³-hybridized carbons (Fsp3) is 0.400. The van der Waals surface area contributed by atoms with Gasteiger partial charge in [-0.25, -0.2) is 4.98 Å². The van der Waals surface area contributed by atoms with E-state index in [9.17, 15) is 9.59 Å². The molecule has 21 heavy (non-hydrogen) atoms. The molecule has 1 saturated heterocycles. The first-order valence-electron chi connectivity index (χ1n) is 7.08. The number of nitrogens with two attached hydrogens (primary N) is 1. The highest BCUT2D eigenvalue weighted by molar-refractivity contribution is 5.94. The quantitative estimate of drug-likeness (QED) is 0.893. The van der Waals surface area contributed by atoms with Crippen LogP contribution in [0.25, 0.3) is 5.65 Å². The summed E-state index contributed by atoms with van der Waals surface area (Å²) in [6.07, 6.45) is 4.99. The molecule has 6 nitrogen and oxygen atoms in total. The first-order chi connectivity index (χ1) is 10.0. The molecule has 2 aromatic heterocycles. The molecule has 2 N–H and O–H groups in total. The molecule has 6 heteroatoms. The maximum absolute atomic E-state index is 12.5. The smallest absolute Gasteiger partial charge is 0.255 e. The van der Waals surface area contributed by atoms with Crippen molar-refractivity contribution in [2.75, 3.05) is 13.1 Å². The van der Waals surface area contributed by atoms with E-state index < -0.39 is 0 Å². The fourth-order valence-electron chi connectivity index (χ4n) is 2.79. The lowest BCUT2D eigenvalue weighted by Crippen LogP contribution is -2.41. The van der Waals surface area contributed by atoms with E-state index in [1.807, 2.05) is 23.6 Å². The maximum atomic E-state index is 12.5. The number of amides is 2. The molecule has 3 heterocycles. The predicted octanol–water partition coefficient (Wildman–Crippen LogP) is 0.980. The van der Waals surface area contributed by atoms with Crippen LogP contribution < -0.4 is 5.73 Å². The monoisotopic (exact) mass is 286 g/mol. The molecule has 0 radical (unpaired) electrons. The number of carbonyl (C=O) groups is 2. The number of fused-ring (bicyclic) bond motifs is 1. The van der Waals surface area contributed by atoms with Gasteiger partial charge in [-0.05, 0) is 31.9 Å². The lowest BCUT2D eigenvalue weighted by molar-refractivity contribution is -0.123. The molecule has 0 bridgehead atoms. The van der Waals surface area contributed by atoms with Crippen molar-refractivity contribution in [3.05, 3.63) is 35.8 Å². The van der Waals surface area contributed by atoms with Crippen molar-refractivity contribution in [2.24, 2.45) is 11.7 Å². The Morgan fingerprint density at radius 3 is 2.62 bits per heavy atom. The zero-order valence-corrected chi connectivity index (χ0v) is 12.0. The Morgan fingerprint density at radius 1 is 1.24 bits per heavy atom. The van der Waals surface area contributed by atoms with Gasteiger partial charge in [0.05, 0.1) is 11.3 Å². The average molecular weight is 286 g/mol.